The maximum Gasteiger partial charge on any atom is 0.221 e. The van der Waals surface area contributed by atoms with Crippen molar-refractivity contribution in [1.29, 1.82) is 0 Å². The van der Waals surface area contributed by atoms with E-state index in [0.717, 1.165) is 42.1 Å². The number of hydrogen-bond acceptors (Lipinski definition) is 3. The number of hydrogen-bond donors (Lipinski definition) is 1. The van der Waals surface area contributed by atoms with Crippen LogP contribution in [0.15, 0.2) is 49.0 Å². The minimum absolute atomic E-state index is 0.287. The summed E-state index contributed by atoms with van der Waals surface area (Å²) in [7, 11) is 1.67. The van der Waals surface area contributed by atoms with Gasteiger partial charge in [0.2, 0.25) is 5.91 Å². The van der Waals surface area contributed by atoms with Crippen molar-refractivity contribution in [1.82, 2.24) is 4.90 Å². The Labute approximate surface area is 142 Å². The standard InChI is InChI=1S/C20H22N2O2/c1-14-19-8-5-16(12-20(21)23)11-17(19)9-10-22(14)13-15-3-6-18(24-2)7-4-15/h3-8,11H,1,9-10,12-13H2,2H3,(H2,21,23). The average molecular weight is 322 g/mol. The minimum Gasteiger partial charge on any atom is -0.497 e. The fourth-order valence-corrected chi connectivity index (χ4v) is 3.13. The second-order valence-corrected chi connectivity index (χ2v) is 6.10. The number of rotatable bonds is 5. The molecule has 2 aromatic rings. The lowest BCUT2D eigenvalue weighted by Crippen LogP contribution is -2.28. The Morgan fingerprint density at radius 2 is 1.92 bits per heavy atom. The Bertz CT molecular complexity index is 766. The summed E-state index contributed by atoms with van der Waals surface area (Å²) < 4.78 is 5.20. The van der Waals surface area contributed by atoms with Gasteiger partial charge < -0.3 is 15.4 Å². The summed E-state index contributed by atoms with van der Waals surface area (Å²) in [5, 5.41) is 0. The molecule has 0 atom stereocenters. The third-order valence-electron chi connectivity index (χ3n) is 4.42. The molecule has 1 aliphatic rings. The molecular weight excluding hydrogens is 300 g/mol. The smallest absolute Gasteiger partial charge is 0.221 e. The molecule has 1 aliphatic heterocycles. The van der Waals surface area contributed by atoms with Crippen molar-refractivity contribution in [2.45, 2.75) is 19.4 Å². The molecule has 0 saturated carbocycles. The Morgan fingerprint density at radius 3 is 2.58 bits per heavy atom. The molecule has 0 bridgehead atoms. The number of nitrogens with zero attached hydrogens (tertiary/aromatic N) is 1. The molecule has 124 valence electrons. The van der Waals surface area contributed by atoms with Crippen LogP contribution in [0.4, 0.5) is 0 Å². The van der Waals surface area contributed by atoms with Crippen LogP contribution in [0.5, 0.6) is 5.75 Å². The highest BCUT2D eigenvalue weighted by Gasteiger charge is 2.20. The van der Waals surface area contributed by atoms with Gasteiger partial charge in [0, 0.05) is 24.4 Å². The van der Waals surface area contributed by atoms with Gasteiger partial charge in [-0.15, -0.1) is 0 Å². The number of benzene rings is 2. The van der Waals surface area contributed by atoms with E-state index in [1.54, 1.807) is 7.11 Å². The summed E-state index contributed by atoms with van der Waals surface area (Å²) in [5.41, 5.74) is 10.9. The third kappa shape index (κ3) is 3.43. The van der Waals surface area contributed by atoms with Gasteiger partial charge in [0.15, 0.2) is 0 Å². The van der Waals surface area contributed by atoms with E-state index in [-0.39, 0.29) is 12.3 Å². The first-order valence-electron chi connectivity index (χ1n) is 8.04. The van der Waals surface area contributed by atoms with Crippen molar-refractivity contribution in [2.24, 2.45) is 5.73 Å². The predicted molar refractivity (Wildman–Crippen MR) is 95.5 cm³/mol. The van der Waals surface area contributed by atoms with E-state index in [9.17, 15) is 4.79 Å². The van der Waals surface area contributed by atoms with Gasteiger partial charge in [-0.1, -0.05) is 36.9 Å². The van der Waals surface area contributed by atoms with Gasteiger partial charge in [0.25, 0.3) is 0 Å². The molecule has 4 nitrogen and oxygen atoms in total. The van der Waals surface area contributed by atoms with Crippen LogP contribution in [0, 0.1) is 0 Å². The number of methoxy groups -OCH3 is 1. The highest BCUT2D eigenvalue weighted by atomic mass is 16.5. The molecule has 0 saturated heterocycles. The van der Waals surface area contributed by atoms with Crippen LogP contribution in [0.2, 0.25) is 0 Å². The van der Waals surface area contributed by atoms with Gasteiger partial charge in [-0.2, -0.15) is 0 Å². The first-order chi connectivity index (χ1) is 11.6. The zero-order valence-corrected chi connectivity index (χ0v) is 13.9. The number of primary amides is 1. The Kier molecular flexibility index (Phi) is 4.56. The highest BCUT2D eigenvalue weighted by Crippen LogP contribution is 2.30. The topological polar surface area (TPSA) is 55.6 Å². The van der Waals surface area contributed by atoms with Gasteiger partial charge in [-0.05, 0) is 35.2 Å². The number of ether oxygens (including phenoxy) is 1. The molecule has 0 aromatic heterocycles. The monoisotopic (exact) mass is 322 g/mol. The predicted octanol–water partition coefficient (Wildman–Crippen LogP) is 2.75. The summed E-state index contributed by atoms with van der Waals surface area (Å²) in [6.45, 7) is 6.01. The van der Waals surface area contributed by atoms with Gasteiger partial charge in [-0.25, -0.2) is 0 Å². The first-order valence-corrected chi connectivity index (χ1v) is 8.04. The van der Waals surface area contributed by atoms with Crippen LogP contribution in [0.1, 0.15) is 22.3 Å². The number of fused-ring (bicyclic) bond motifs is 1. The maximum absolute atomic E-state index is 11.1. The maximum atomic E-state index is 11.1. The Hall–Kier alpha value is -2.75. The Morgan fingerprint density at radius 1 is 1.21 bits per heavy atom. The van der Waals surface area contributed by atoms with Gasteiger partial charge in [0.05, 0.1) is 13.5 Å². The molecule has 1 heterocycles. The zero-order chi connectivity index (χ0) is 17.1. The number of nitrogens with two attached hydrogens (primary N) is 1. The lowest BCUT2D eigenvalue weighted by Gasteiger charge is -2.33. The van der Waals surface area contributed by atoms with Gasteiger partial charge in [-0.3, -0.25) is 4.79 Å². The minimum atomic E-state index is -0.300. The van der Waals surface area contributed by atoms with E-state index in [2.05, 4.69) is 35.7 Å². The van der Waals surface area contributed by atoms with Crippen molar-refractivity contribution in [2.75, 3.05) is 13.7 Å². The Balaban J connectivity index is 1.75. The van der Waals surface area contributed by atoms with E-state index in [1.165, 1.54) is 11.1 Å². The van der Waals surface area contributed by atoms with E-state index in [0.29, 0.717) is 0 Å². The van der Waals surface area contributed by atoms with Crippen LogP contribution >= 0.6 is 0 Å². The van der Waals surface area contributed by atoms with E-state index >= 15 is 0 Å². The lowest BCUT2D eigenvalue weighted by molar-refractivity contribution is -0.117. The number of amides is 1. The molecule has 1 amide bonds. The second kappa shape index (κ2) is 6.79. The first kappa shape index (κ1) is 16.1. The van der Waals surface area contributed by atoms with Crippen molar-refractivity contribution >= 4 is 11.6 Å². The molecule has 4 heteroatoms. The van der Waals surface area contributed by atoms with E-state index in [4.69, 9.17) is 10.5 Å². The molecule has 0 fully saturated rings. The van der Waals surface area contributed by atoms with Crippen LogP contribution < -0.4 is 10.5 Å². The molecule has 0 spiro atoms. The molecular formula is C20H22N2O2. The zero-order valence-electron chi connectivity index (χ0n) is 13.9. The van der Waals surface area contributed by atoms with Crippen LogP contribution in [-0.2, 0) is 24.2 Å². The molecule has 0 unspecified atom stereocenters. The fraction of sp³-hybridized carbons (Fsp3) is 0.250. The molecule has 2 aromatic carbocycles. The van der Waals surface area contributed by atoms with Crippen molar-refractivity contribution in [3.05, 3.63) is 71.3 Å². The summed E-state index contributed by atoms with van der Waals surface area (Å²) in [4.78, 5) is 13.4. The lowest BCUT2D eigenvalue weighted by atomic mass is 9.94. The third-order valence-corrected chi connectivity index (χ3v) is 4.42. The molecule has 0 radical (unpaired) electrons. The normalized spacial score (nSPS) is 13.5. The van der Waals surface area contributed by atoms with Crippen LogP contribution in [-0.4, -0.2) is 24.5 Å². The summed E-state index contributed by atoms with van der Waals surface area (Å²) in [6.07, 6.45) is 1.23. The van der Waals surface area contributed by atoms with E-state index in [1.807, 2.05) is 18.2 Å². The molecule has 0 aliphatic carbocycles. The molecule has 24 heavy (non-hydrogen) atoms. The second-order valence-electron chi connectivity index (χ2n) is 6.10. The van der Waals surface area contributed by atoms with Crippen LogP contribution in [0.25, 0.3) is 5.70 Å². The SMILES string of the molecule is C=C1c2ccc(CC(N)=O)cc2CCN1Cc1ccc(OC)cc1. The average Bonchev–Trinajstić information content (AvgIpc) is 2.57. The van der Waals surface area contributed by atoms with Gasteiger partial charge >= 0.3 is 0 Å². The van der Waals surface area contributed by atoms with E-state index < -0.39 is 0 Å². The fourth-order valence-electron chi connectivity index (χ4n) is 3.13. The van der Waals surface area contributed by atoms with Crippen molar-refractivity contribution < 1.29 is 9.53 Å². The van der Waals surface area contributed by atoms with Crippen molar-refractivity contribution in [3.8, 4) is 5.75 Å². The highest BCUT2D eigenvalue weighted by molar-refractivity contribution is 5.77. The number of carbonyl (C=O) groups is 1. The van der Waals surface area contributed by atoms with Crippen molar-refractivity contribution in [3.63, 3.8) is 0 Å². The molecule has 2 N–H and O–H groups in total. The van der Waals surface area contributed by atoms with Gasteiger partial charge in [0.1, 0.15) is 5.75 Å². The number of carbonyl (C=O) groups excluding carboxylic acids is 1. The summed E-state index contributed by atoms with van der Waals surface area (Å²) in [5.74, 6) is 0.564. The molecule has 3 rings (SSSR count). The summed E-state index contributed by atoms with van der Waals surface area (Å²) in [6, 6.07) is 14.2. The summed E-state index contributed by atoms with van der Waals surface area (Å²) >= 11 is 0. The quantitative estimate of drug-likeness (QED) is 0.921. The largest absolute Gasteiger partial charge is 0.497 e. The van der Waals surface area contributed by atoms with Crippen LogP contribution in [0.3, 0.4) is 0 Å².